The molecule has 6 atom stereocenters. The Bertz CT molecular complexity index is 223. The Morgan fingerprint density at radius 2 is 1.71 bits per heavy atom. The maximum Gasteiger partial charge on any atom is 0.186 e. The Hall–Kier alpha value is -0.320. The van der Waals surface area contributed by atoms with Crippen LogP contribution in [0.3, 0.4) is 0 Å². The monoisotopic (exact) mass is 254 g/mol. The van der Waals surface area contributed by atoms with Crippen LogP contribution in [0.25, 0.3) is 0 Å². The van der Waals surface area contributed by atoms with Crippen molar-refractivity contribution in [1.29, 1.82) is 0 Å². The SMILES string of the molecule is OCC(O)CO[C@@H]1OC(CO)[C@H](O)[C@H](O)C1O. The zero-order valence-electron chi connectivity index (χ0n) is 9.09. The van der Waals surface area contributed by atoms with Gasteiger partial charge >= 0.3 is 0 Å². The molecule has 8 nitrogen and oxygen atoms in total. The minimum Gasteiger partial charge on any atom is -0.394 e. The first-order valence-corrected chi connectivity index (χ1v) is 5.22. The first-order valence-electron chi connectivity index (χ1n) is 5.22. The van der Waals surface area contributed by atoms with Gasteiger partial charge in [0.2, 0.25) is 0 Å². The van der Waals surface area contributed by atoms with E-state index in [1.165, 1.54) is 0 Å². The van der Waals surface area contributed by atoms with Crippen LogP contribution in [0.15, 0.2) is 0 Å². The van der Waals surface area contributed by atoms with Gasteiger partial charge in [0.15, 0.2) is 6.29 Å². The van der Waals surface area contributed by atoms with Crippen LogP contribution in [0.4, 0.5) is 0 Å². The number of ether oxygens (including phenoxy) is 2. The van der Waals surface area contributed by atoms with Crippen LogP contribution >= 0.6 is 0 Å². The van der Waals surface area contributed by atoms with E-state index in [2.05, 4.69) is 0 Å². The van der Waals surface area contributed by atoms with Crippen molar-refractivity contribution >= 4 is 0 Å². The first kappa shape index (κ1) is 14.7. The summed E-state index contributed by atoms with van der Waals surface area (Å²) in [5.74, 6) is 0. The second kappa shape index (κ2) is 6.57. The fourth-order valence-corrected chi connectivity index (χ4v) is 1.46. The largest absolute Gasteiger partial charge is 0.394 e. The van der Waals surface area contributed by atoms with E-state index in [1.54, 1.807) is 0 Å². The highest BCUT2D eigenvalue weighted by Gasteiger charge is 2.44. The molecule has 6 N–H and O–H groups in total. The summed E-state index contributed by atoms with van der Waals surface area (Å²) in [6.07, 6.45) is -7.94. The van der Waals surface area contributed by atoms with Gasteiger partial charge in [-0.3, -0.25) is 0 Å². The fourth-order valence-electron chi connectivity index (χ4n) is 1.46. The molecule has 1 saturated heterocycles. The molecule has 1 aliphatic heterocycles. The van der Waals surface area contributed by atoms with E-state index in [4.69, 9.17) is 24.8 Å². The summed E-state index contributed by atoms with van der Waals surface area (Å²) >= 11 is 0. The summed E-state index contributed by atoms with van der Waals surface area (Å²) in [6.45, 7) is -1.37. The molecule has 17 heavy (non-hydrogen) atoms. The highest BCUT2D eigenvalue weighted by Crippen LogP contribution is 2.21. The third kappa shape index (κ3) is 3.57. The predicted molar refractivity (Wildman–Crippen MR) is 52.8 cm³/mol. The van der Waals surface area contributed by atoms with E-state index in [9.17, 15) is 15.3 Å². The van der Waals surface area contributed by atoms with Crippen LogP contribution in [0.1, 0.15) is 0 Å². The molecule has 1 rings (SSSR count). The minimum atomic E-state index is -1.52. The van der Waals surface area contributed by atoms with Gasteiger partial charge in [-0.15, -0.1) is 0 Å². The molecule has 0 aromatic heterocycles. The van der Waals surface area contributed by atoms with E-state index in [1.807, 2.05) is 0 Å². The van der Waals surface area contributed by atoms with Gasteiger partial charge in [0.05, 0.1) is 19.8 Å². The normalized spacial score (nSPS) is 40.2. The molecule has 0 aromatic rings. The molecule has 1 heterocycles. The van der Waals surface area contributed by atoms with Gasteiger partial charge in [0, 0.05) is 0 Å². The Kier molecular flexibility index (Phi) is 5.70. The maximum absolute atomic E-state index is 9.52. The van der Waals surface area contributed by atoms with E-state index in [0.29, 0.717) is 0 Å². The Labute approximate surface area is 97.6 Å². The summed E-state index contributed by atoms with van der Waals surface area (Å²) in [5, 5.41) is 54.9. The molecular weight excluding hydrogens is 236 g/mol. The van der Waals surface area contributed by atoms with Gasteiger partial charge in [0.1, 0.15) is 30.5 Å². The standard InChI is InChI=1S/C9H18O8/c10-1-4(12)3-16-9-8(15)7(14)6(13)5(2-11)17-9/h4-15H,1-3H2/t4?,5?,6-,7-,8?,9+/m0/s1. The summed E-state index contributed by atoms with van der Waals surface area (Å²) in [7, 11) is 0. The molecule has 0 saturated carbocycles. The lowest BCUT2D eigenvalue weighted by atomic mass is 9.99. The second-order valence-corrected chi connectivity index (χ2v) is 3.87. The number of aliphatic hydroxyl groups excluding tert-OH is 6. The molecule has 3 unspecified atom stereocenters. The zero-order chi connectivity index (χ0) is 13.0. The average molecular weight is 254 g/mol. The molecule has 0 amide bonds. The third-order valence-corrected chi connectivity index (χ3v) is 2.51. The van der Waals surface area contributed by atoms with Crippen molar-refractivity contribution in [2.45, 2.75) is 36.8 Å². The smallest absolute Gasteiger partial charge is 0.186 e. The molecule has 102 valence electrons. The van der Waals surface area contributed by atoms with Crippen molar-refractivity contribution in [2.75, 3.05) is 19.8 Å². The molecule has 1 aliphatic rings. The topological polar surface area (TPSA) is 140 Å². The summed E-state index contributed by atoms with van der Waals surface area (Å²) in [4.78, 5) is 0. The van der Waals surface area contributed by atoms with E-state index >= 15 is 0 Å². The minimum absolute atomic E-state index is 0.306. The number of hydrogen-bond donors (Lipinski definition) is 6. The Morgan fingerprint density at radius 1 is 1.06 bits per heavy atom. The molecule has 0 radical (unpaired) electrons. The van der Waals surface area contributed by atoms with Crippen molar-refractivity contribution < 1.29 is 40.1 Å². The van der Waals surface area contributed by atoms with Crippen LogP contribution in [0, 0.1) is 0 Å². The van der Waals surface area contributed by atoms with Gasteiger partial charge in [0.25, 0.3) is 0 Å². The lowest BCUT2D eigenvalue weighted by molar-refractivity contribution is -0.304. The zero-order valence-corrected chi connectivity index (χ0v) is 9.09. The van der Waals surface area contributed by atoms with Gasteiger partial charge < -0.3 is 40.1 Å². The molecule has 0 aliphatic carbocycles. The highest BCUT2D eigenvalue weighted by molar-refractivity contribution is 4.88. The van der Waals surface area contributed by atoms with E-state index in [0.717, 1.165) is 0 Å². The van der Waals surface area contributed by atoms with Crippen molar-refractivity contribution in [3.63, 3.8) is 0 Å². The van der Waals surface area contributed by atoms with Gasteiger partial charge in [-0.05, 0) is 0 Å². The van der Waals surface area contributed by atoms with Crippen LogP contribution < -0.4 is 0 Å². The van der Waals surface area contributed by atoms with Crippen LogP contribution in [-0.4, -0.2) is 87.3 Å². The van der Waals surface area contributed by atoms with Crippen LogP contribution in [-0.2, 0) is 9.47 Å². The van der Waals surface area contributed by atoms with E-state index < -0.39 is 50.0 Å². The second-order valence-electron chi connectivity index (χ2n) is 3.87. The quantitative estimate of drug-likeness (QED) is 0.293. The number of hydrogen-bond acceptors (Lipinski definition) is 8. The lowest BCUT2D eigenvalue weighted by Crippen LogP contribution is -2.59. The van der Waals surface area contributed by atoms with Crippen molar-refractivity contribution in [3.8, 4) is 0 Å². The molecule has 0 spiro atoms. The molecule has 8 heteroatoms. The van der Waals surface area contributed by atoms with Crippen molar-refractivity contribution in [2.24, 2.45) is 0 Å². The summed E-state index contributed by atoms with van der Waals surface area (Å²) in [5.41, 5.74) is 0. The Balaban J connectivity index is 2.53. The van der Waals surface area contributed by atoms with Crippen molar-refractivity contribution in [1.82, 2.24) is 0 Å². The molecular formula is C9H18O8. The Morgan fingerprint density at radius 3 is 2.24 bits per heavy atom. The maximum atomic E-state index is 9.52. The van der Waals surface area contributed by atoms with Gasteiger partial charge in [-0.2, -0.15) is 0 Å². The van der Waals surface area contributed by atoms with Crippen LogP contribution in [0.2, 0.25) is 0 Å². The fraction of sp³-hybridized carbons (Fsp3) is 1.00. The lowest BCUT2D eigenvalue weighted by Gasteiger charge is -2.39. The average Bonchev–Trinajstić information content (AvgIpc) is 2.34. The number of rotatable bonds is 5. The molecule has 0 bridgehead atoms. The molecule has 1 fully saturated rings. The number of aliphatic hydroxyl groups is 6. The first-order chi connectivity index (χ1) is 8.01. The third-order valence-electron chi connectivity index (χ3n) is 2.51. The molecule has 0 aromatic carbocycles. The summed E-state index contributed by atoms with van der Waals surface area (Å²) < 4.78 is 9.93. The van der Waals surface area contributed by atoms with Gasteiger partial charge in [-0.1, -0.05) is 0 Å². The summed E-state index contributed by atoms with van der Waals surface area (Å²) in [6, 6.07) is 0. The highest BCUT2D eigenvalue weighted by atomic mass is 16.7. The predicted octanol–water partition coefficient (Wildman–Crippen LogP) is -3.84. The van der Waals surface area contributed by atoms with Crippen molar-refractivity contribution in [3.05, 3.63) is 0 Å². The van der Waals surface area contributed by atoms with Gasteiger partial charge in [-0.25, -0.2) is 0 Å². The van der Waals surface area contributed by atoms with E-state index in [-0.39, 0.29) is 6.61 Å². The van der Waals surface area contributed by atoms with Crippen LogP contribution in [0.5, 0.6) is 0 Å².